The molecule has 5 heteroatoms. The summed E-state index contributed by atoms with van der Waals surface area (Å²) < 4.78 is 5.93. The molecule has 0 bridgehead atoms. The minimum Gasteiger partial charge on any atom is -0.422 e. The molecular formula is C15H19N3OS. The summed E-state index contributed by atoms with van der Waals surface area (Å²) in [5.74, 6) is 2.64. The van der Waals surface area contributed by atoms with E-state index in [2.05, 4.69) is 34.6 Å². The third-order valence-corrected chi connectivity index (χ3v) is 4.81. The number of benzene rings is 1. The monoisotopic (exact) mass is 289 g/mol. The third kappa shape index (κ3) is 2.88. The zero-order valence-corrected chi connectivity index (χ0v) is 12.4. The maximum Gasteiger partial charge on any atom is 0.237 e. The molecule has 1 aromatic heterocycles. The molecule has 2 heterocycles. The lowest BCUT2D eigenvalue weighted by molar-refractivity contribution is 0.405. The lowest BCUT2D eigenvalue weighted by atomic mass is 10.1. The Balaban J connectivity index is 1.84. The SMILES string of the molecule is CCNC(c1ccccc1)c1nnc(C2CCCS2)o1. The van der Waals surface area contributed by atoms with E-state index in [4.69, 9.17) is 4.42 Å². The summed E-state index contributed by atoms with van der Waals surface area (Å²) >= 11 is 1.91. The second-order valence-electron chi connectivity index (χ2n) is 4.88. The molecule has 1 aliphatic rings. The van der Waals surface area contributed by atoms with Gasteiger partial charge in [-0.2, -0.15) is 0 Å². The number of rotatable bonds is 5. The second kappa shape index (κ2) is 6.41. The highest BCUT2D eigenvalue weighted by Crippen LogP contribution is 2.39. The van der Waals surface area contributed by atoms with Gasteiger partial charge in [-0.3, -0.25) is 0 Å². The van der Waals surface area contributed by atoms with Crippen LogP contribution in [-0.4, -0.2) is 22.5 Å². The highest BCUT2D eigenvalue weighted by atomic mass is 32.2. The van der Waals surface area contributed by atoms with Crippen molar-refractivity contribution in [2.45, 2.75) is 31.1 Å². The van der Waals surface area contributed by atoms with Crippen LogP contribution in [0.1, 0.15) is 48.4 Å². The van der Waals surface area contributed by atoms with Crippen molar-refractivity contribution < 1.29 is 4.42 Å². The van der Waals surface area contributed by atoms with Crippen LogP contribution in [0, 0.1) is 0 Å². The Hall–Kier alpha value is -1.33. The van der Waals surface area contributed by atoms with Gasteiger partial charge in [-0.25, -0.2) is 0 Å². The second-order valence-corrected chi connectivity index (χ2v) is 6.19. The maximum absolute atomic E-state index is 5.93. The number of hydrogen-bond acceptors (Lipinski definition) is 5. The van der Waals surface area contributed by atoms with E-state index in [0.717, 1.165) is 24.4 Å². The van der Waals surface area contributed by atoms with Gasteiger partial charge in [-0.15, -0.1) is 22.0 Å². The average molecular weight is 289 g/mol. The van der Waals surface area contributed by atoms with Gasteiger partial charge in [0.25, 0.3) is 0 Å². The minimum atomic E-state index is -0.0196. The van der Waals surface area contributed by atoms with Crippen LogP contribution in [0.5, 0.6) is 0 Å². The predicted molar refractivity (Wildman–Crippen MR) is 80.7 cm³/mol. The smallest absolute Gasteiger partial charge is 0.237 e. The van der Waals surface area contributed by atoms with Gasteiger partial charge in [0.05, 0.1) is 5.25 Å². The van der Waals surface area contributed by atoms with Crippen LogP contribution in [0.3, 0.4) is 0 Å². The fourth-order valence-electron chi connectivity index (χ4n) is 2.46. The van der Waals surface area contributed by atoms with Gasteiger partial charge in [-0.1, -0.05) is 37.3 Å². The van der Waals surface area contributed by atoms with Crippen molar-refractivity contribution in [2.24, 2.45) is 0 Å². The molecule has 2 atom stereocenters. The Morgan fingerprint density at radius 3 is 2.90 bits per heavy atom. The Morgan fingerprint density at radius 2 is 2.20 bits per heavy atom. The van der Waals surface area contributed by atoms with E-state index in [9.17, 15) is 0 Å². The predicted octanol–water partition coefficient (Wildman–Crippen LogP) is 3.34. The first-order valence-corrected chi connectivity index (χ1v) is 8.16. The highest BCUT2D eigenvalue weighted by Gasteiger charge is 2.26. The summed E-state index contributed by atoms with van der Waals surface area (Å²) in [5, 5.41) is 12.3. The molecule has 1 saturated heterocycles. The molecule has 2 unspecified atom stereocenters. The van der Waals surface area contributed by atoms with Crippen molar-refractivity contribution in [3.8, 4) is 0 Å². The lowest BCUT2D eigenvalue weighted by Crippen LogP contribution is -2.22. The molecule has 2 aromatic rings. The van der Waals surface area contributed by atoms with Crippen molar-refractivity contribution in [1.29, 1.82) is 0 Å². The first-order valence-electron chi connectivity index (χ1n) is 7.11. The number of nitrogens with zero attached hydrogens (tertiary/aromatic N) is 2. The van der Waals surface area contributed by atoms with E-state index in [0.29, 0.717) is 11.1 Å². The molecule has 1 aliphatic heterocycles. The topological polar surface area (TPSA) is 51.0 Å². The minimum absolute atomic E-state index is 0.0196. The fraction of sp³-hybridized carbons (Fsp3) is 0.467. The Labute approximate surface area is 123 Å². The van der Waals surface area contributed by atoms with Crippen LogP contribution in [0.15, 0.2) is 34.7 Å². The van der Waals surface area contributed by atoms with Gasteiger partial charge in [0.2, 0.25) is 11.8 Å². The third-order valence-electron chi connectivity index (χ3n) is 3.45. The largest absolute Gasteiger partial charge is 0.422 e. The summed E-state index contributed by atoms with van der Waals surface area (Å²) in [6.07, 6.45) is 2.38. The fourth-order valence-corrected chi connectivity index (χ4v) is 3.65. The van der Waals surface area contributed by atoms with Crippen molar-refractivity contribution in [1.82, 2.24) is 15.5 Å². The lowest BCUT2D eigenvalue weighted by Gasteiger charge is -2.14. The molecule has 0 spiro atoms. The standard InChI is InChI=1S/C15H19N3OS/c1-2-16-13(11-7-4-3-5-8-11)15-18-17-14(19-15)12-9-6-10-20-12/h3-5,7-8,12-13,16H,2,6,9-10H2,1H3. The molecule has 1 aromatic carbocycles. The number of nitrogens with one attached hydrogen (secondary N) is 1. The van der Waals surface area contributed by atoms with Crippen LogP contribution < -0.4 is 5.32 Å². The molecule has 106 valence electrons. The first-order chi connectivity index (χ1) is 9.88. The summed E-state index contributed by atoms with van der Waals surface area (Å²) in [6.45, 7) is 2.94. The Kier molecular flexibility index (Phi) is 4.38. The summed E-state index contributed by atoms with van der Waals surface area (Å²) in [4.78, 5) is 0. The summed E-state index contributed by atoms with van der Waals surface area (Å²) in [6, 6.07) is 10.2. The van der Waals surface area contributed by atoms with Crippen molar-refractivity contribution >= 4 is 11.8 Å². The zero-order chi connectivity index (χ0) is 13.8. The first kappa shape index (κ1) is 13.6. The zero-order valence-electron chi connectivity index (χ0n) is 11.6. The number of aromatic nitrogens is 2. The van der Waals surface area contributed by atoms with Crippen molar-refractivity contribution in [3.63, 3.8) is 0 Å². The van der Waals surface area contributed by atoms with Gasteiger partial charge in [-0.05, 0) is 30.7 Å². The molecule has 0 amide bonds. The maximum atomic E-state index is 5.93. The van der Waals surface area contributed by atoms with E-state index in [1.54, 1.807) is 0 Å². The van der Waals surface area contributed by atoms with Crippen molar-refractivity contribution in [3.05, 3.63) is 47.7 Å². The van der Waals surface area contributed by atoms with Crippen LogP contribution in [0.2, 0.25) is 0 Å². The average Bonchev–Trinajstić information content (AvgIpc) is 3.16. The van der Waals surface area contributed by atoms with Crippen LogP contribution in [-0.2, 0) is 0 Å². The number of hydrogen-bond donors (Lipinski definition) is 1. The summed E-state index contributed by atoms with van der Waals surface area (Å²) in [5.41, 5.74) is 1.16. The van der Waals surface area contributed by atoms with Crippen LogP contribution >= 0.6 is 11.8 Å². The van der Waals surface area contributed by atoms with Crippen LogP contribution in [0.25, 0.3) is 0 Å². The van der Waals surface area contributed by atoms with E-state index in [1.807, 2.05) is 30.0 Å². The van der Waals surface area contributed by atoms with Crippen LogP contribution in [0.4, 0.5) is 0 Å². The van der Waals surface area contributed by atoms with Gasteiger partial charge in [0.15, 0.2) is 0 Å². The molecule has 4 nitrogen and oxygen atoms in total. The molecule has 20 heavy (non-hydrogen) atoms. The van der Waals surface area contributed by atoms with Gasteiger partial charge >= 0.3 is 0 Å². The molecule has 1 N–H and O–H groups in total. The molecule has 3 rings (SSSR count). The molecular weight excluding hydrogens is 270 g/mol. The molecule has 0 radical (unpaired) electrons. The van der Waals surface area contributed by atoms with E-state index in [-0.39, 0.29) is 6.04 Å². The van der Waals surface area contributed by atoms with E-state index < -0.39 is 0 Å². The van der Waals surface area contributed by atoms with Gasteiger partial charge in [0, 0.05) is 0 Å². The summed E-state index contributed by atoms with van der Waals surface area (Å²) in [7, 11) is 0. The molecule has 0 saturated carbocycles. The Morgan fingerprint density at radius 1 is 1.35 bits per heavy atom. The Bertz CT molecular complexity index is 537. The molecule has 0 aliphatic carbocycles. The van der Waals surface area contributed by atoms with E-state index >= 15 is 0 Å². The van der Waals surface area contributed by atoms with E-state index in [1.165, 1.54) is 12.2 Å². The quantitative estimate of drug-likeness (QED) is 0.915. The normalized spacial score (nSPS) is 20.1. The van der Waals surface area contributed by atoms with Crippen molar-refractivity contribution in [2.75, 3.05) is 12.3 Å². The molecule has 1 fully saturated rings. The van der Waals surface area contributed by atoms with Gasteiger partial charge < -0.3 is 9.73 Å². The highest BCUT2D eigenvalue weighted by molar-refractivity contribution is 7.99. The van der Waals surface area contributed by atoms with Gasteiger partial charge in [0.1, 0.15) is 6.04 Å². The number of thioether (sulfide) groups is 1.